The SMILES string of the molecule is CCn1c(SCC(=O)Nc2ccccc2[N+](=O)[O-])nnc1-c1cccc(N)c1. The van der Waals surface area contributed by atoms with E-state index >= 15 is 0 Å². The molecule has 0 aliphatic rings. The maximum absolute atomic E-state index is 12.3. The lowest BCUT2D eigenvalue weighted by Gasteiger charge is -2.08. The van der Waals surface area contributed by atoms with Gasteiger partial charge in [0.05, 0.1) is 10.7 Å². The smallest absolute Gasteiger partial charge is 0.292 e. The summed E-state index contributed by atoms with van der Waals surface area (Å²) in [7, 11) is 0. The minimum atomic E-state index is -0.533. The van der Waals surface area contributed by atoms with Crippen molar-refractivity contribution in [2.45, 2.75) is 18.6 Å². The lowest BCUT2D eigenvalue weighted by Crippen LogP contribution is -2.15. The summed E-state index contributed by atoms with van der Waals surface area (Å²) < 4.78 is 1.89. The normalized spacial score (nSPS) is 10.6. The third-order valence-corrected chi connectivity index (χ3v) is 4.85. The number of hydrogen-bond donors (Lipinski definition) is 2. The van der Waals surface area contributed by atoms with Crippen LogP contribution in [0.25, 0.3) is 11.4 Å². The second-order valence-corrected chi connectivity index (χ2v) is 6.73. The molecule has 0 saturated carbocycles. The second kappa shape index (κ2) is 8.53. The molecule has 0 atom stereocenters. The zero-order chi connectivity index (χ0) is 20.1. The molecule has 3 aromatic rings. The zero-order valence-corrected chi connectivity index (χ0v) is 15.8. The fraction of sp³-hybridized carbons (Fsp3) is 0.167. The van der Waals surface area contributed by atoms with Gasteiger partial charge in [0.1, 0.15) is 5.69 Å². The maximum atomic E-state index is 12.3. The summed E-state index contributed by atoms with van der Waals surface area (Å²) >= 11 is 1.21. The highest BCUT2D eigenvalue weighted by Crippen LogP contribution is 2.26. The number of nitro benzene ring substituents is 1. The number of nitrogens with two attached hydrogens (primary N) is 1. The molecule has 144 valence electrons. The molecular weight excluding hydrogens is 380 g/mol. The molecule has 9 nitrogen and oxygen atoms in total. The van der Waals surface area contributed by atoms with Gasteiger partial charge in [0, 0.05) is 23.9 Å². The number of nitrogens with one attached hydrogen (secondary N) is 1. The molecule has 28 heavy (non-hydrogen) atoms. The molecule has 1 amide bonds. The number of amides is 1. The van der Waals surface area contributed by atoms with Crippen molar-refractivity contribution < 1.29 is 9.72 Å². The van der Waals surface area contributed by atoms with Gasteiger partial charge in [0.2, 0.25) is 5.91 Å². The third-order valence-electron chi connectivity index (χ3n) is 3.89. The van der Waals surface area contributed by atoms with Crippen molar-refractivity contribution in [2.24, 2.45) is 0 Å². The topological polar surface area (TPSA) is 129 Å². The molecule has 3 N–H and O–H groups in total. The van der Waals surface area contributed by atoms with Crippen LogP contribution in [-0.4, -0.2) is 31.3 Å². The van der Waals surface area contributed by atoms with Crippen LogP contribution in [0.4, 0.5) is 17.1 Å². The van der Waals surface area contributed by atoms with Crippen molar-refractivity contribution in [1.29, 1.82) is 0 Å². The maximum Gasteiger partial charge on any atom is 0.292 e. The number of carbonyl (C=O) groups is 1. The highest BCUT2D eigenvalue weighted by molar-refractivity contribution is 7.99. The summed E-state index contributed by atoms with van der Waals surface area (Å²) in [6.07, 6.45) is 0. The van der Waals surface area contributed by atoms with E-state index in [-0.39, 0.29) is 23.0 Å². The number of anilines is 2. The second-order valence-electron chi connectivity index (χ2n) is 5.79. The first-order valence-corrected chi connectivity index (χ1v) is 9.43. The van der Waals surface area contributed by atoms with E-state index in [4.69, 9.17) is 5.73 Å². The number of para-hydroxylation sites is 2. The number of nitro groups is 1. The summed E-state index contributed by atoms with van der Waals surface area (Å²) in [6.45, 7) is 2.57. The van der Waals surface area contributed by atoms with Gasteiger partial charge in [-0.25, -0.2) is 0 Å². The Kier molecular flexibility index (Phi) is 5.90. The molecule has 0 radical (unpaired) electrons. The van der Waals surface area contributed by atoms with E-state index in [1.165, 1.54) is 23.9 Å². The number of nitrogens with zero attached hydrogens (tertiary/aromatic N) is 4. The standard InChI is InChI=1S/C18H18N6O3S/c1-2-23-17(12-6-5-7-13(19)10-12)21-22-18(23)28-11-16(25)20-14-8-3-4-9-15(14)24(26)27/h3-10H,2,11,19H2,1H3,(H,20,25). The first-order chi connectivity index (χ1) is 13.5. The van der Waals surface area contributed by atoms with Crippen molar-refractivity contribution in [3.63, 3.8) is 0 Å². The number of nitrogen functional groups attached to an aromatic ring is 1. The van der Waals surface area contributed by atoms with Crippen LogP contribution in [0.15, 0.2) is 53.7 Å². The molecule has 0 saturated heterocycles. The fourth-order valence-electron chi connectivity index (χ4n) is 2.63. The molecule has 1 aromatic heterocycles. The minimum absolute atomic E-state index is 0.0428. The van der Waals surface area contributed by atoms with Crippen LogP contribution in [0.1, 0.15) is 6.92 Å². The fourth-order valence-corrected chi connectivity index (χ4v) is 3.43. The average molecular weight is 398 g/mol. The summed E-state index contributed by atoms with van der Waals surface area (Å²) in [5, 5.41) is 22.6. The van der Waals surface area contributed by atoms with Crippen LogP contribution >= 0.6 is 11.8 Å². The van der Waals surface area contributed by atoms with E-state index in [2.05, 4.69) is 15.5 Å². The molecule has 1 heterocycles. The van der Waals surface area contributed by atoms with Crippen molar-refractivity contribution in [3.05, 3.63) is 58.6 Å². The molecule has 2 aromatic carbocycles. The molecule has 0 aliphatic heterocycles. The molecule has 0 spiro atoms. The van der Waals surface area contributed by atoms with Crippen LogP contribution in [-0.2, 0) is 11.3 Å². The van der Waals surface area contributed by atoms with E-state index < -0.39 is 4.92 Å². The van der Waals surface area contributed by atoms with Crippen molar-refractivity contribution in [2.75, 3.05) is 16.8 Å². The van der Waals surface area contributed by atoms with E-state index in [0.29, 0.717) is 23.2 Å². The van der Waals surface area contributed by atoms with Gasteiger partial charge in [-0.2, -0.15) is 0 Å². The van der Waals surface area contributed by atoms with Crippen LogP contribution in [0.2, 0.25) is 0 Å². The van der Waals surface area contributed by atoms with Crippen molar-refractivity contribution in [3.8, 4) is 11.4 Å². The first-order valence-electron chi connectivity index (χ1n) is 8.44. The predicted octanol–water partition coefficient (Wildman–Crippen LogP) is 3.19. The highest BCUT2D eigenvalue weighted by Gasteiger charge is 2.17. The summed E-state index contributed by atoms with van der Waals surface area (Å²) in [4.78, 5) is 22.8. The Morgan fingerprint density at radius 2 is 2.04 bits per heavy atom. The molecular formula is C18H18N6O3S. The van der Waals surface area contributed by atoms with Gasteiger partial charge >= 0.3 is 0 Å². The molecule has 3 rings (SSSR count). The third kappa shape index (κ3) is 4.29. The minimum Gasteiger partial charge on any atom is -0.399 e. The molecule has 0 bridgehead atoms. The number of carbonyl (C=O) groups excluding carboxylic acids is 1. The van der Waals surface area contributed by atoms with Crippen molar-refractivity contribution in [1.82, 2.24) is 14.8 Å². The number of thioether (sulfide) groups is 1. The van der Waals surface area contributed by atoms with Gasteiger partial charge in [-0.1, -0.05) is 36.0 Å². The lowest BCUT2D eigenvalue weighted by molar-refractivity contribution is -0.383. The quantitative estimate of drug-likeness (QED) is 0.271. The number of benzene rings is 2. The van der Waals surface area contributed by atoms with E-state index in [1.54, 1.807) is 18.2 Å². The van der Waals surface area contributed by atoms with Crippen LogP contribution in [0.5, 0.6) is 0 Å². The Hall–Kier alpha value is -3.40. The van der Waals surface area contributed by atoms with Gasteiger partial charge in [0.15, 0.2) is 11.0 Å². The Bertz CT molecular complexity index is 1020. The zero-order valence-electron chi connectivity index (χ0n) is 15.0. The van der Waals surface area contributed by atoms with Gasteiger partial charge in [-0.3, -0.25) is 14.9 Å². The molecule has 0 fully saturated rings. The average Bonchev–Trinajstić information content (AvgIpc) is 3.09. The Labute approximate surface area is 165 Å². The Morgan fingerprint density at radius 3 is 2.75 bits per heavy atom. The molecule has 0 unspecified atom stereocenters. The number of aromatic nitrogens is 3. The predicted molar refractivity (Wildman–Crippen MR) is 108 cm³/mol. The lowest BCUT2D eigenvalue weighted by atomic mass is 10.2. The number of rotatable bonds is 7. The van der Waals surface area contributed by atoms with E-state index in [0.717, 1.165) is 5.56 Å². The van der Waals surface area contributed by atoms with Crippen LogP contribution in [0.3, 0.4) is 0 Å². The van der Waals surface area contributed by atoms with Crippen LogP contribution < -0.4 is 11.1 Å². The first kappa shape index (κ1) is 19.4. The van der Waals surface area contributed by atoms with Gasteiger partial charge in [-0.05, 0) is 25.1 Å². The van der Waals surface area contributed by atoms with Crippen molar-refractivity contribution >= 4 is 34.7 Å². The molecule has 10 heteroatoms. The van der Waals surface area contributed by atoms with Gasteiger partial charge < -0.3 is 15.6 Å². The van der Waals surface area contributed by atoms with Crippen LogP contribution in [0, 0.1) is 10.1 Å². The van der Waals surface area contributed by atoms with Gasteiger partial charge in [-0.15, -0.1) is 10.2 Å². The summed E-state index contributed by atoms with van der Waals surface area (Å²) in [5.74, 6) is 0.341. The Morgan fingerprint density at radius 1 is 1.25 bits per heavy atom. The highest BCUT2D eigenvalue weighted by atomic mass is 32.2. The monoisotopic (exact) mass is 398 g/mol. The Balaban J connectivity index is 1.71. The van der Waals surface area contributed by atoms with E-state index in [9.17, 15) is 14.9 Å². The number of hydrogen-bond acceptors (Lipinski definition) is 7. The summed E-state index contributed by atoms with van der Waals surface area (Å²) in [5.41, 5.74) is 7.31. The molecule has 0 aliphatic carbocycles. The van der Waals surface area contributed by atoms with E-state index in [1.807, 2.05) is 29.7 Å². The largest absolute Gasteiger partial charge is 0.399 e. The summed E-state index contributed by atoms with van der Waals surface area (Å²) in [6, 6.07) is 13.3. The van der Waals surface area contributed by atoms with Gasteiger partial charge in [0.25, 0.3) is 5.69 Å².